The van der Waals surface area contributed by atoms with E-state index < -0.39 is 37.9 Å². The Labute approximate surface area is 239 Å². The molecule has 5 atom stereocenters. The largest absolute Gasteiger partial charge is 1.00 e. The van der Waals surface area contributed by atoms with Gasteiger partial charge in [0.15, 0.2) is 22.5 Å². The van der Waals surface area contributed by atoms with Gasteiger partial charge in [-0.25, -0.2) is 9.38 Å². The number of hydrogen-bond acceptors (Lipinski definition) is 10. The van der Waals surface area contributed by atoms with Gasteiger partial charge in [0.05, 0.1) is 12.3 Å². The summed E-state index contributed by atoms with van der Waals surface area (Å²) in [6, 6.07) is 17.5. The molecule has 212 valence electrons. The molecule has 2 fully saturated rings. The van der Waals surface area contributed by atoms with Crippen molar-refractivity contribution in [3.8, 4) is 11.3 Å². The van der Waals surface area contributed by atoms with Crippen molar-refractivity contribution >= 4 is 36.5 Å². The third-order valence-electron chi connectivity index (χ3n) is 7.27. The van der Waals surface area contributed by atoms with Crippen LogP contribution in [-0.4, -0.2) is 53.9 Å². The molecule has 0 bridgehead atoms. The van der Waals surface area contributed by atoms with E-state index in [-0.39, 0.29) is 25.0 Å². The van der Waals surface area contributed by atoms with E-state index in [1.54, 1.807) is 6.20 Å². The zero-order valence-corrected chi connectivity index (χ0v) is 23.6. The standard InChI is InChI=1S/C27H26N5O7PS/c1-14(2)15-8-10-17(11-9-15)41-27-29-20-23(32(27)25-21(33)22-19(38-25)13-37-40(35,36)39-22)30-26-28-18(12-31(26)24(20)34)16-6-4-3-5-7-16/h3-12,14,19,21-22,25,33H,13H2,1-2H3,(H,28,30)(H,35,36)/t19?,21?,22-,25-/m1/s1. The van der Waals surface area contributed by atoms with Gasteiger partial charge in [0.1, 0.15) is 18.3 Å². The van der Waals surface area contributed by atoms with Crippen molar-refractivity contribution < 1.29 is 29.8 Å². The molecular formula is C27H26N5O7PS. The quantitative estimate of drug-likeness (QED) is 0.288. The number of phosphoric acid groups is 1. The molecule has 0 radical (unpaired) electrons. The van der Waals surface area contributed by atoms with Crippen LogP contribution in [0.15, 0.2) is 75.6 Å². The number of aliphatic hydroxyl groups excluding tert-OH is 1. The van der Waals surface area contributed by atoms with Gasteiger partial charge in [-0.05, 0) is 29.2 Å². The van der Waals surface area contributed by atoms with E-state index in [0.717, 1.165) is 10.5 Å². The number of rotatable bonds is 5. The Kier molecular flexibility index (Phi) is 6.43. The summed E-state index contributed by atoms with van der Waals surface area (Å²) in [5, 5.41) is 11.6. The summed E-state index contributed by atoms with van der Waals surface area (Å²) in [7, 11) is -4.59. The van der Waals surface area contributed by atoms with Crippen molar-refractivity contribution in [3.63, 3.8) is 0 Å². The van der Waals surface area contributed by atoms with Crippen LogP contribution in [0.3, 0.4) is 0 Å². The van der Waals surface area contributed by atoms with Gasteiger partial charge in [-0.15, -0.1) is 0 Å². The van der Waals surface area contributed by atoms with Crippen molar-refractivity contribution in [2.24, 2.45) is 0 Å². The Hall–Kier alpha value is -3.29. The van der Waals surface area contributed by atoms with Crippen LogP contribution in [-0.2, 0) is 18.3 Å². The number of ether oxygens (including phenoxy) is 1. The number of aromatic nitrogens is 5. The highest BCUT2D eigenvalue weighted by atomic mass is 32.2. The molecule has 3 aromatic heterocycles. The number of fused-ring (bicyclic) bond motifs is 3. The van der Waals surface area contributed by atoms with Gasteiger partial charge in [-0.1, -0.05) is 68.1 Å². The van der Waals surface area contributed by atoms with E-state index in [1.165, 1.54) is 26.3 Å². The zero-order valence-electron chi connectivity index (χ0n) is 22.9. The highest BCUT2D eigenvalue weighted by Gasteiger charge is 2.51. The molecule has 41 heavy (non-hydrogen) atoms. The summed E-state index contributed by atoms with van der Waals surface area (Å²) in [6.07, 6.45) is -2.92. The predicted molar refractivity (Wildman–Crippen MR) is 149 cm³/mol. The molecule has 2 aromatic carbocycles. The predicted octanol–water partition coefficient (Wildman–Crippen LogP) is 3.57. The summed E-state index contributed by atoms with van der Waals surface area (Å²) >= 11 is 1.27. The first-order valence-electron chi connectivity index (χ1n) is 13.0. The lowest BCUT2D eigenvalue weighted by Gasteiger charge is -2.34. The molecule has 0 saturated carbocycles. The normalized spacial score (nSPS) is 26.3. The van der Waals surface area contributed by atoms with Crippen molar-refractivity contribution in [1.29, 1.82) is 0 Å². The summed E-state index contributed by atoms with van der Waals surface area (Å²) in [5.41, 5.74) is 2.56. The molecule has 2 saturated heterocycles. The Morgan fingerprint density at radius 3 is 2.66 bits per heavy atom. The van der Waals surface area contributed by atoms with Crippen molar-refractivity contribution in [2.45, 2.75) is 54.4 Å². The number of aromatic amines is 1. The van der Waals surface area contributed by atoms with Gasteiger partial charge in [0, 0.05) is 11.1 Å². The second-order valence-electron chi connectivity index (χ2n) is 10.3. The maximum atomic E-state index is 13.7. The van der Waals surface area contributed by atoms with Gasteiger partial charge in [0.2, 0.25) is 5.78 Å². The number of phosphoric ester groups is 1. The van der Waals surface area contributed by atoms with Gasteiger partial charge >= 0.3 is 1.43 Å². The van der Waals surface area contributed by atoms with Crippen LogP contribution in [0.2, 0.25) is 0 Å². The topological polar surface area (TPSA) is 156 Å². The minimum absolute atomic E-state index is 0. The maximum Gasteiger partial charge on any atom is 1.00 e. The molecule has 5 aromatic rings. The highest BCUT2D eigenvalue weighted by molar-refractivity contribution is 7.99. The van der Waals surface area contributed by atoms with Crippen molar-refractivity contribution in [2.75, 3.05) is 6.61 Å². The Bertz CT molecular complexity index is 1880. The van der Waals surface area contributed by atoms with E-state index >= 15 is 0 Å². The second kappa shape index (κ2) is 9.92. The molecule has 7 rings (SSSR count). The van der Waals surface area contributed by atoms with Gasteiger partial charge in [-0.3, -0.25) is 13.9 Å². The number of imidazole rings is 2. The van der Waals surface area contributed by atoms with E-state index in [9.17, 15) is 19.4 Å². The maximum absolute atomic E-state index is 13.7. The summed E-state index contributed by atoms with van der Waals surface area (Å²) < 4.78 is 30.8. The number of nitrogens with one attached hydrogen (secondary N) is 1. The van der Waals surface area contributed by atoms with Crippen LogP contribution in [0, 0.1) is 0 Å². The molecule has 3 unspecified atom stereocenters. The second-order valence-corrected chi connectivity index (χ2v) is 12.7. The first-order chi connectivity index (χ1) is 19.7. The monoisotopic (exact) mass is 595 g/mol. The molecule has 0 amide bonds. The highest BCUT2D eigenvalue weighted by Crippen LogP contribution is 2.50. The molecule has 2 aliphatic rings. The zero-order chi connectivity index (χ0) is 28.5. The average molecular weight is 596 g/mol. The van der Waals surface area contributed by atoms with E-state index in [4.69, 9.17) is 18.8 Å². The smallest absolute Gasteiger partial charge is 0.756 e. The molecule has 0 aliphatic carbocycles. The molecular weight excluding hydrogens is 569 g/mol. The fourth-order valence-electron chi connectivity index (χ4n) is 5.14. The third-order valence-corrected chi connectivity index (χ3v) is 9.22. The number of H-pyrrole nitrogens is 1. The number of aliphatic hydroxyl groups is 1. The minimum Gasteiger partial charge on any atom is -0.756 e. The minimum atomic E-state index is -4.59. The summed E-state index contributed by atoms with van der Waals surface area (Å²) in [6.45, 7) is 3.91. The number of hydrogen-bond donors (Lipinski definition) is 2. The fraction of sp³-hybridized carbons (Fsp3) is 0.296. The Morgan fingerprint density at radius 1 is 1.17 bits per heavy atom. The van der Waals surface area contributed by atoms with Crippen LogP contribution < -0.4 is 10.5 Å². The Balaban J connectivity index is 0.00000316. The van der Waals surface area contributed by atoms with E-state index in [0.29, 0.717) is 16.8 Å². The van der Waals surface area contributed by atoms with Crippen LogP contribution in [0.5, 0.6) is 0 Å². The molecule has 2 aliphatic heterocycles. The molecule has 12 nitrogen and oxygen atoms in total. The molecule has 0 spiro atoms. The first-order valence-corrected chi connectivity index (χ1v) is 15.3. The van der Waals surface area contributed by atoms with Crippen molar-refractivity contribution in [1.82, 2.24) is 23.9 Å². The first kappa shape index (κ1) is 26.6. The molecule has 2 N–H and O–H groups in total. The van der Waals surface area contributed by atoms with Gasteiger partial charge in [0.25, 0.3) is 13.4 Å². The van der Waals surface area contributed by atoms with Crippen LogP contribution in [0.4, 0.5) is 0 Å². The van der Waals surface area contributed by atoms with Crippen LogP contribution in [0.25, 0.3) is 28.2 Å². The Morgan fingerprint density at radius 2 is 1.93 bits per heavy atom. The summed E-state index contributed by atoms with van der Waals surface area (Å²) in [5.74, 6) is 0.630. The lowest BCUT2D eigenvalue weighted by Crippen LogP contribution is -2.41. The number of nitrogens with zero attached hydrogens (tertiary/aromatic N) is 4. The molecule has 5 heterocycles. The van der Waals surface area contributed by atoms with Crippen LogP contribution >= 0.6 is 19.6 Å². The molecule has 14 heteroatoms. The SMILES string of the molecule is CC(C)c1ccc(Sc2nc3c(=O)n4cc(-c5ccccc5)[nH]c4nc3n2[C@@H]2OC3COP(=O)([O-])O[C@H]3C2O)cc1.[H+]. The average Bonchev–Trinajstić information content (AvgIpc) is 3.63. The number of benzene rings is 2. The van der Waals surface area contributed by atoms with Crippen molar-refractivity contribution in [3.05, 3.63) is 76.7 Å². The third kappa shape index (κ3) is 4.63. The van der Waals surface area contributed by atoms with Gasteiger partial charge in [-0.2, -0.15) is 4.98 Å². The van der Waals surface area contributed by atoms with Gasteiger partial charge < -0.3 is 28.8 Å². The van der Waals surface area contributed by atoms with E-state index in [2.05, 4.69) is 23.8 Å². The fourth-order valence-corrected chi connectivity index (χ4v) is 7.00. The van der Waals surface area contributed by atoms with Crippen LogP contribution in [0.1, 0.15) is 33.0 Å². The summed E-state index contributed by atoms with van der Waals surface area (Å²) in [4.78, 5) is 39.1. The lowest BCUT2D eigenvalue weighted by atomic mass is 10.0. The van der Waals surface area contributed by atoms with E-state index in [1.807, 2.05) is 54.6 Å². The lowest BCUT2D eigenvalue weighted by molar-refractivity contribution is -0.245.